The van der Waals surface area contributed by atoms with Crippen LogP contribution in [-0.4, -0.2) is 4.92 Å². The van der Waals surface area contributed by atoms with Crippen LogP contribution in [0.25, 0.3) is 0 Å². The predicted octanol–water partition coefficient (Wildman–Crippen LogP) is 3.97. The van der Waals surface area contributed by atoms with Crippen LogP contribution in [0.5, 0.6) is 11.5 Å². The van der Waals surface area contributed by atoms with E-state index in [0.29, 0.717) is 5.56 Å². The van der Waals surface area contributed by atoms with Crippen LogP contribution in [0.4, 0.5) is 14.5 Å². The molecule has 0 aromatic heterocycles. The molecular weight excluding hydrogens is 256 g/mol. The lowest BCUT2D eigenvalue weighted by molar-refractivity contribution is -0.388. The van der Waals surface area contributed by atoms with E-state index in [-0.39, 0.29) is 11.5 Å². The Bertz CT molecular complexity index is 644. The number of hydrogen-bond acceptors (Lipinski definition) is 3. The van der Waals surface area contributed by atoms with Crippen LogP contribution < -0.4 is 4.74 Å². The largest absolute Gasteiger partial charge is 0.450 e. The highest BCUT2D eigenvalue weighted by Gasteiger charge is 2.21. The van der Waals surface area contributed by atoms with Gasteiger partial charge in [-0.1, -0.05) is 12.1 Å². The molecule has 0 spiro atoms. The predicted molar refractivity (Wildman–Crippen MR) is 64.3 cm³/mol. The zero-order chi connectivity index (χ0) is 14.0. The van der Waals surface area contributed by atoms with Gasteiger partial charge in [-0.15, -0.1) is 0 Å². The number of nitro groups is 1. The Morgan fingerprint density at radius 3 is 2.53 bits per heavy atom. The second kappa shape index (κ2) is 5.01. The number of nitro benzene ring substituents is 1. The van der Waals surface area contributed by atoms with Crippen molar-refractivity contribution in [2.45, 2.75) is 6.92 Å². The molecule has 0 amide bonds. The van der Waals surface area contributed by atoms with Gasteiger partial charge in [0, 0.05) is 6.07 Å². The Morgan fingerprint density at radius 2 is 1.89 bits per heavy atom. The van der Waals surface area contributed by atoms with Crippen LogP contribution in [0.1, 0.15) is 5.56 Å². The molecule has 0 aliphatic heterocycles. The van der Waals surface area contributed by atoms with Crippen molar-refractivity contribution in [3.05, 3.63) is 63.7 Å². The molecule has 4 nitrogen and oxygen atoms in total. The number of benzene rings is 2. The molecule has 0 bridgehead atoms. The maximum Gasteiger partial charge on any atom is 0.346 e. The van der Waals surface area contributed by atoms with Crippen molar-refractivity contribution >= 4 is 5.69 Å². The Hall–Kier alpha value is -2.50. The molecule has 0 saturated heterocycles. The summed E-state index contributed by atoms with van der Waals surface area (Å²) in [6.45, 7) is 1.57. The average Bonchev–Trinajstić information content (AvgIpc) is 2.33. The van der Waals surface area contributed by atoms with Crippen LogP contribution in [0.2, 0.25) is 0 Å². The highest BCUT2D eigenvalue weighted by molar-refractivity contribution is 5.49. The summed E-state index contributed by atoms with van der Waals surface area (Å²) in [6, 6.07) is 7.49. The summed E-state index contributed by atoms with van der Waals surface area (Å²) in [6.07, 6.45) is 0. The van der Waals surface area contributed by atoms with Crippen LogP contribution in [0.3, 0.4) is 0 Å². The van der Waals surface area contributed by atoms with E-state index >= 15 is 0 Å². The molecule has 0 heterocycles. The van der Waals surface area contributed by atoms with Gasteiger partial charge in [-0.3, -0.25) is 10.1 Å². The Morgan fingerprint density at radius 1 is 1.16 bits per heavy atom. The van der Waals surface area contributed by atoms with Gasteiger partial charge in [-0.25, -0.2) is 4.39 Å². The van der Waals surface area contributed by atoms with E-state index in [9.17, 15) is 18.9 Å². The maximum absolute atomic E-state index is 13.4. The van der Waals surface area contributed by atoms with Gasteiger partial charge in [-0.2, -0.15) is 4.39 Å². The first-order valence-electron chi connectivity index (χ1n) is 5.36. The lowest BCUT2D eigenvalue weighted by atomic mass is 10.2. The summed E-state index contributed by atoms with van der Waals surface area (Å²) < 4.78 is 31.8. The molecular formula is C13H9F2NO3. The molecule has 0 fully saturated rings. The molecule has 2 aromatic carbocycles. The van der Waals surface area contributed by atoms with Gasteiger partial charge >= 0.3 is 5.69 Å². The Kier molecular flexibility index (Phi) is 3.41. The molecule has 0 atom stereocenters. The summed E-state index contributed by atoms with van der Waals surface area (Å²) in [7, 11) is 0. The first-order valence-corrected chi connectivity index (χ1v) is 5.36. The molecule has 19 heavy (non-hydrogen) atoms. The molecule has 2 aromatic rings. The second-order valence-electron chi connectivity index (χ2n) is 3.86. The molecule has 0 radical (unpaired) electrons. The van der Waals surface area contributed by atoms with Gasteiger partial charge in [0.05, 0.1) is 4.92 Å². The van der Waals surface area contributed by atoms with Gasteiger partial charge in [0.15, 0.2) is 0 Å². The van der Waals surface area contributed by atoms with Crippen molar-refractivity contribution in [1.82, 2.24) is 0 Å². The topological polar surface area (TPSA) is 52.4 Å². The maximum atomic E-state index is 13.4. The number of halogens is 2. The summed E-state index contributed by atoms with van der Waals surface area (Å²) in [5.74, 6) is -1.71. The Balaban J connectivity index is 2.40. The summed E-state index contributed by atoms with van der Waals surface area (Å²) in [5.41, 5.74) is -0.357. The fourth-order valence-corrected chi connectivity index (χ4v) is 1.52. The minimum absolute atomic E-state index is 0.0665. The zero-order valence-electron chi connectivity index (χ0n) is 9.89. The lowest BCUT2D eigenvalue weighted by Crippen LogP contribution is -1.97. The fraction of sp³-hybridized carbons (Fsp3) is 0.0769. The van der Waals surface area contributed by atoms with E-state index in [2.05, 4.69) is 0 Å². The van der Waals surface area contributed by atoms with E-state index in [0.717, 1.165) is 12.1 Å². The van der Waals surface area contributed by atoms with Gasteiger partial charge in [0.25, 0.3) is 0 Å². The number of rotatable bonds is 3. The molecule has 0 unspecified atom stereocenters. The van der Waals surface area contributed by atoms with E-state index in [1.165, 1.54) is 24.3 Å². The number of para-hydroxylation sites is 1. The molecule has 0 N–H and O–H groups in total. The standard InChI is InChI=1S/C13H9F2NO3/c1-8-5-6-9(7-11(8)15)19-12-4-2-3-10(14)13(12)16(17)18/h2-7H,1H3. The van der Waals surface area contributed by atoms with Crippen LogP contribution in [-0.2, 0) is 0 Å². The third kappa shape index (κ3) is 2.67. The van der Waals surface area contributed by atoms with Crippen LogP contribution in [0, 0.1) is 28.7 Å². The summed E-state index contributed by atoms with van der Waals surface area (Å²) in [5, 5.41) is 10.8. The van der Waals surface area contributed by atoms with Gasteiger partial charge < -0.3 is 4.74 Å². The molecule has 0 saturated carbocycles. The zero-order valence-corrected chi connectivity index (χ0v) is 9.89. The minimum Gasteiger partial charge on any atom is -0.450 e. The highest BCUT2D eigenvalue weighted by atomic mass is 19.1. The summed E-state index contributed by atoms with van der Waals surface area (Å²) in [4.78, 5) is 9.89. The van der Waals surface area contributed by atoms with Gasteiger partial charge in [0.1, 0.15) is 11.6 Å². The highest BCUT2D eigenvalue weighted by Crippen LogP contribution is 2.33. The first kappa shape index (κ1) is 12.9. The van der Waals surface area contributed by atoms with Crippen molar-refractivity contribution < 1.29 is 18.4 Å². The molecule has 98 valence electrons. The summed E-state index contributed by atoms with van der Waals surface area (Å²) >= 11 is 0. The molecule has 0 aliphatic carbocycles. The average molecular weight is 265 g/mol. The van der Waals surface area contributed by atoms with E-state index < -0.39 is 22.2 Å². The van der Waals surface area contributed by atoms with Crippen molar-refractivity contribution in [3.63, 3.8) is 0 Å². The van der Waals surface area contributed by atoms with E-state index in [4.69, 9.17) is 4.74 Å². The monoisotopic (exact) mass is 265 g/mol. The molecule has 6 heteroatoms. The first-order chi connectivity index (χ1) is 8.99. The van der Waals surface area contributed by atoms with Gasteiger partial charge in [-0.05, 0) is 30.7 Å². The fourth-order valence-electron chi connectivity index (χ4n) is 1.52. The molecule has 0 aliphatic rings. The Labute approximate surface area is 107 Å². The quantitative estimate of drug-likeness (QED) is 0.623. The van der Waals surface area contributed by atoms with Crippen molar-refractivity contribution in [2.75, 3.05) is 0 Å². The SMILES string of the molecule is Cc1ccc(Oc2cccc(F)c2[N+](=O)[O-])cc1F. The third-order valence-corrected chi connectivity index (χ3v) is 2.50. The number of nitrogens with zero attached hydrogens (tertiary/aromatic N) is 1. The minimum atomic E-state index is -1.00. The third-order valence-electron chi connectivity index (χ3n) is 2.50. The number of ether oxygens (including phenoxy) is 1. The number of aryl methyl sites for hydroxylation is 1. The number of hydrogen-bond donors (Lipinski definition) is 0. The lowest BCUT2D eigenvalue weighted by Gasteiger charge is -2.07. The smallest absolute Gasteiger partial charge is 0.346 e. The van der Waals surface area contributed by atoms with Crippen LogP contribution in [0.15, 0.2) is 36.4 Å². The second-order valence-corrected chi connectivity index (χ2v) is 3.86. The van der Waals surface area contributed by atoms with Crippen molar-refractivity contribution in [1.29, 1.82) is 0 Å². The van der Waals surface area contributed by atoms with E-state index in [1.54, 1.807) is 6.92 Å². The van der Waals surface area contributed by atoms with Crippen molar-refractivity contribution in [2.24, 2.45) is 0 Å². The normalized spacial score (nSPS) is 10.3. The molecule has 2 rings (SSSR count). The van der Waals surface area contributed by atoms with Crippen molar-refractivity contribution in [3.8, 4) is 11.5 Å². The van der Waals surface area contributed by atoms with Crippen LogP contribution >= 0.6 is 0 Å². The van der Waals surface area contributed by atoms with E-state index in [1.807, 2.05) is 0 Å². The van der Waals surface area contributed by atoms with Gasteiger partial charge in [0.2, 0.25) is 11.6 Å².